The van der Waals surface area contributed by atoms with Gasteiger partial charge in [0.25, 0.3) is 0 Å². The zero-order valence-electron chi connectivity index (χ0n) is 12.8. The lowest BCUT2D eigenvalue weighted by Crippen LogP contribution is -2.40. The number of anilines is 1. The molecule has 0 saturated carbocycles. The van der Waals surface area contributed by atoms with Crippen molar-refractivity contribution in [1.29, 1.82) is 0 Å². The highest BCUT2D eigenvalue weighted by Gasteiger charge is 2.24. The van der Waals surface area contributed by atoms with Crippen LogP contribution in [-0.4, -0.2) is 18.5 Å². The van der Waals surface area contributed by atoms with Crippen molar-refractivity contribution in [2.75, 3.05) is 11.9 Å². The number of hydrogen-bond acceptors (Lipinski definition) is 2. The van der Waals surface area contributed by atoms with E-state index in [1.807, 2.05) is 12.1 Å². The van der Waals surface area contributed by atoms with Crippen LogP contribution < -0.4 is 10.6 Å². The molecule has 1 heterocycles. The van der Waals surface area contributed by atoms with Crippen LogP contribution in [0, 0.1) is 5.92 Å². The third kappa shape index (κ3) is 3.83. The van der Waals surface area contributed by atoms with Crippen LogP contribution in [0.5, 0.6) is 0 Å². The van der Waals surface area contributed by atoms with E-state index in [9.17, 15) is 4.79 Å². The number of rotatable bonds is 4. The van der Waals surface area contributed by atoms with Crippen LogP contribution >= 0.6 is 0 Å². The number of piperidine rings is 1. The molecule has 2 N–H and O–H groups in total. The Balaban J connectivity index is 1.94. The minimum absolute atomic E-state index is 0.139. The predicted octanol–water partition coefficient (Wildman–Crippen LogP) is 3.53. The molecule has 0 bridgehead atoms. The van der Waals surface area contributed by atoms with E-state index >= 15 is 0 Å². The third-order valence-electron chi connectivity index (χ3n) is 4.35. The fourth-order valence-corrected chi connectivity index (χ4v) is 2.75. The summed E-state index contributed by atoms with van der Waals surface area (Å²) in [6.07, 6.45) is 3.00. The van der Waals surface area contributed by atoms with Gasteiger partial charge in [0.1, 0.15) is 0 Å². The van der Waals surface area contributed by atoms with E-state index in [1.165, 1.54) is 5.56 Å². The van der Waals surface area contributed by atoms with E-state index in [0.29, 0.717) is 12.0 Å². The maximum absolute atomic E-state index is 12.2. The molecule has 110 valence electrons. The molecule has 0 radical (unpaired) electrons. The van der Waals surface area contributed by atoms with Gasteiger partial charge < -0.3 is 10.6 Å². The van der Waals surface area contributed by atoms with Crippen LogP contribution in [0.3, 0.4) is 0 Å². The second-order valence-electron chi connectivity index (χ2n) is 6.00. The van der Waals surface area contributed by atoms with E-state index in [4.69, 9.17) is 0 Å². The van der Waals surface area contributed by atoms with Gasteiger partial charge in [-0.3, -0.25) is 4.79 Å². The first-order chi connectivity index (χ1) is 9.60. The van der Waals surface area contributed by atoms with Crippen LogP contribution in [0.15, 0.2) is 24.3 Å². The topological polar surface area (TPSA) is 41.1 Å². The smallest absolute Gasteiger partial charge is 0.227 e. The van der Waals surface area contributed by atoms with Crippen molar-refractivity contribution in [1.82, 2.24) is 5.32 Å². The highest BCUT2D eigenvalue weighted by Crippen LogP contribution is 2.22. The van der Waals surface area contributed by atoms with Gasteiger partial charge in [-0.1, -0.05) is 26.0 Å². The Kier molecular flexibility index (Phi) is 5.18. The molecular weight excluding hydrogens is 248 g/mol. The number of nitrogens with one attached hydrogen (secondary N) is 2. The van der Waals surface area contributed by atoms with E-state index in [0.717, 1.165) is 31.5 Å². The van der Waals surface area contributed by atoms with Gasteiger partial charge in [-0.05, 0) is 56.3 Å². The van der Waals surface area contributed by atoms with Crippen LogP contribution in [0.25, 0.3) is 0 Å². The Hall–Kier alpha value is -1.35. The number of carbonyl (C=O) groups is 1. The van der Waals surface area contributed by atoms with Crippen LogP contribution in [0.2, 0.25) is 0 Å². The Morgan fingerprint density at radius 2 is 2.10 bits per heavy atom. The number of hydrogen-bond donors (Lipinski definition) is 2. The Bertz CT molecular complexity index is 441. The van der Waals surface area contributed by atoms with Crippen molar-refractivity contribution in [2.45, 2.75) is 52.0 Å². The maximum Gasteiger partial charge on any atom is 0.227 e. The molecule has 1 fully saturated rings. The summed E-state index contributed by atoms with van der Waals surface area (Å²) in [6, 6.07) is 8.71. The van der Waals surface area contributed by atoms with Crippen molar-refractivity contribution in [3.63, 3.8) is 0 Å². The van der Waals surface area contributed by atoms with E-state index < -0.39 is 0 Å². The van der Waals surface area contributed by atoms with Crippen molar-refractivity contribution in [3.05, 3.63) is 29.8 Å². The first-order valence-electron chi connectivity index (χ1n) is 7.74. The molecule has 3 heteroatoms. The molecule has 1 aromatic carbocycles. The van der Waals surface area contributed by atoms with Gasteiger partial charge in [0.2, 0.25) is 5.91 Å². The SMILES string of the molecule is CCC(C)c1ccc(NC(=O)C2CCNC(C)C2)cc1. The van der Waals surface area contributed by atoms with Gasteiger partial charge in [-0.25, -0.2) is 0 Å². The second kappa shape index (κ2) is 6.89. The molecule has 1 saturated heterocycles. The summed E-state index contributed by atoms with van der Waals surface area (Å²) >= 11 is 0. The predicted molar refractivity (Wildman–Crippen MR) is 84.0 cm³/mol. The molecule has 0 aromatic heterocycles. The molecule has 1 amide bonds. The van der Waals surface area contributed by atoms with Crippen molar-refractivity contribution in [2.24, 2.45) is 5.92 Å². The largest absolute Gasteiger partial charge is 0.326 e. The molecule has 1 aliphatic heterocycles. The zero-order chi connectivity index (χ0) is 14.5. The Morgan fingerprint density at radius 1 is 1.40 bits per heavy atom. The summed E-state index contributed by atoms with van der Waals surface area (Å²) in [5.41, 5.74) is 2.24. The van der Waals surface area contributed by atoms with E-state index in [-0.39, 0.29) is 11.8 Å². The second-order valence-corrected chi connectivity index (χ2v) is 6.00. The summed E-state index contributed by atoms with van der Waals surface area (Å²) in [4.78, 5) is 12.2. The molecule has 3 unspecified atom stereocenters. The minimum Gasteiger partial charge on any atom is -0.326 e. The lowest BCUT2D eigenvalue weighted by atomic mass is 9.92. The van der Waals surface area contributed by atoms with Gasteiger partial charge in [0.15, 0.2) is 0 Å². The number of benzene rings is 1. The lowest BCUT2D eigenvalue weighted by molar-refractivity contribution is -0.120. The highest BCUT2D eigenvalue weighted by molar-refractivity contribution is 5.92. The number of amides is 1. The molecule has 20 heavy (non-hydrogen) atoms. The quantitative estimate of drug-likeness (QED) is 0.882. The standard InChI is InChI=1S/C17H26N2O/c1-4-12(2)14-5-7-16(8-6-14)19-17(20)15-9-10-18-13(3)11-15/h5-8,12-13,15,18H,4,9-11H2,1-3H3,(H,19,20). The lowest BCUT2D eigenvalue weighted by Gasteiger charge is -2.27. The highest BCUT2D eigenvalue weighted by atomic mass is 16.1. The van der Waals surface area contributed by atoms with Crippen LogP contribution in [-0.2, 0) is 4.79 Å². The summed E-state index contributed by atoms with van der Waals surface area (Å²) < 4.78 is 0. The molecule has 1 aromatic rings. The zero-order valence-corrected chi connectivity index (χ0v) is 12.8. The summed E-state index contributed by atoms with van der Waals surface area (Å²) in [7, 11) is 0. The summed E-state index contributed by atoms with van der Waals surface area (Å²) in [5, 5.41) is 6.43. The normalized spacial score (nSPS) is 24.1. The molecular formula is C17H26N2O. The van der Waals surface area contributed by atoms with E-state index in [1.54, 1.807) is 0 Å². The average molecular weight is 274 g/mol. The Morgan fingerprint density at radius 3 is 2.70 bits per heavy atom. The molecule has 3 atom stereocenters. The van der Waals surface area contributed by atoms with Gasteiger partial charge in [0.05, 0.1) is 0 Å². The van der Waals surface area contributed by atoms with Crippen LogP contribution in [0.4, 0.5) is 5.69 Å². The van der Waals surface area contributed by atoms with Gasteiger partial charge in [0, 0.05) is 17.6 Å². The first-order valence-corrected chi connectivity index (χ1v) is 7.74. The fraction of sp³-hybridized carbons (Fsp3) is 0.588. The molecule has 3 nitrogen and oxygen atoms in total. The fourth-order valence-electron chi connectivity index (χ4n) is 2.75. The van der Waals surface area contributed by atoms with Crippen molar-refractivity contribution >= 4 is 11.6 Å². The first kappa shape index (κ1) is 15.0. The molecule has 0 aliphatic carbocycles. The summed E-state index contributed by atoms with van der Waals surface area (Å²) in [5.74, 6) is 0.875. The van der Waals surface area contributed by atoms with Crippen LogP contribution in [0.1, 0.15) is 51.5 Å². The van der Waals surface area contributed by atoms with Crippen molar-refractivity contribution < 1.29 is 4.79 Å². The third-order valence-corrected chi connectivity index (χ3v) is 4.35. The summed E-state index contributed by atoms with van der Waals surface area (Å²) in [6.45, 7) is 7.50. The molecule has 0 spiro atoms. The molecule has 1 aliphatic rings. The Labute approximate surface area is 122 Å². The van der Waals surface area contributed by atoms with Gasteiger partial charge >= 0.3 is 0 Å². The average Bonchev–Trinajstić information content (AvgIpc) is 2.47. The molecule has 2 rings (SSSR count). The number of carbonyl (C=O) groups excluding carboxylic acids is 1. The van der Waals surface area contributed by atoms with Crippen molar-refractivity contribution in [3.8, 4) is 0 Å². The van der Waals surface area contributed by atoms with Gasteiger partial charge in [-0.15, -0.1) is 0 Å². The minimum atomic E-state index is 0.139. The van der Waals surface area contributed by atoms with E-state index in [2.05, 4.69) is 43.5 Å². The monoisotopic (exact) mass is 274 g/mol. The maximum atomic E-state index is 12.2. The van der Waals surface area contributed by atoms with Gasteiger partial charge in [-0.2, -0.15) is 0 Å².